The molecule has 0 saturated carbocycles. The van der Waals surface area contributed by atoms with E-state index >= 15 is 0 Å². The fourth-order valence-electron chi connectivity index (χ4n) is 2.81. The molecule has 0 heterocycles. The summed E-state index contributed by atoms with van der Waals surface area (Å²) in [6, 6.07) is 13.2. The molecule has 0 atom stereocenters. The third-order valence-electron chi connectivity index (χ3n) is 4.20. The van der Waals surface area contributed by atoms with Crippen molar-refractivity contribution in [2.24, 2.45) is 0 Å². The minimum Gasteiger partial charge on any atom is -0.334 e. The zero-order chi connectivity index (χ0) is 20.7. The van der Waals surface area contributed by atoms with Gasteiger partial charge in [-0.05, 0) is 69.7 Å². The van der Waals surface area contributed by atoms with Gasteiger partial charge < -0.3 is 10.2 Å². The van der Waals surface area contributed by atoms with Crippen molar-refractivity contribution in [3.63, 3.8) is 0 Å². The number of carbonyl (C=O) groups excluding carboxylic acids is 2. The highest BCUT2D eigenvalue weighted by Crippen LogP contribution is 2.19. The van der Waals surface area contributed by atoms with Crippen LogP contribution in [0.25, 0.3) is 0 Å². The molecule has 0 aliphatic rings. The predicted octanol–water partition coefficient (Wildman–Crippen LogP) is 4.96. The minimum atomic E-state index is -0.334. The maximum absolute atomic E-state index is 12.9. The second kappa shape index (κ2) is 9.73. The Hall–Kier alpha value is -2.34. The molecule has 0 saturated heterocycles. The molecule has 6 heteroatoms. The van der Waals surface area contributed by atoms with Gasteiger partial charge in [-0.2, -0.15) is 0 Å². The number of amides is 2. The van der Waals surface area contributed by atoms with E-state index < -0.39 is 0 Å². The molecule has 0 unspecified atom stereocenters. The van der Waals surface area contributed by atoms with Gasteiger partial charge in [0.2, 0.25) is 5.91 Å². The summed E-state index contributed by atoms with van der Waals surface area (Å²) in [7, 11) is 0. The Labute approximate surface area is 170 Å². The average Bonchev–Trinajstić information content (AvgIpc) is 2.63. The Morgan fingerprint density at radius 2 is 1.64 bits per heavy atom. The third kappa shape index (κ3) is 6.37. The number of nitrogens with one attached hydrogen (secondary N) is 1. The Bertz CT molecular complexity index is 799. The number of rotatable bonds is 7. The van der Waals surface area contributed by atoms with E-state index in [1.165, 1.54) is 36.0 Å². The van der Waals surface area contributed by atoms with E-state index in [4.69, 9.17) is 0 Å². The van der Waals surface area contributed by atoms with Crippen molar-refractivity contribution >= 4 is 29.3 Å². The van der Waals surface area contributed by atoms with Crippen LogP contribution < -0.4 is 5.32 Å². The Balaban J connectivity index is 1.84. The number of anilines is 1. The molecule has 4 nitrogen and oxygen atoms in total. The molecule has 0 spiro atoms. The first-order valence-electron chi connectivity index (χ1n) is 9.24. The number of halogens is 1. The second-order valence-corrected chi connectivity index (χ2v) is 8.45. The van der Waals surface area contributed by atoms with E-state index in [1.54, 1.807) is 0 Å². The summed E-state index contributed by atoms with van der Waals surface area (Å²) in [5, 5.41) is 2.74. The van der Waals surface area contributed by atoms with Gasteiger partial charge in [0, 0.05) is 29.1 Å². The number of benzene rings is 2. The normalized spacial score (nSPS) is 11.2. The molecule has 0 bridgehead atoms. The van der Waals surface area contributed by atoms with Crippen molar-refractivity contribution in [3.8, 4) is 0 Å². The van der Waals surface area contributed by atoms with E-state index in [2.05, 4.69) is 5.32 Å². The highest BCUT2D eigenvalue weighted by Gasteiger charge is 2.25. The molecule has 0 fully saturated rings. The second-order valence-electron chi connectivity index (χ2n) is 7.47. The van der Waals surface area contributed by atoms with Crippen LogP contribution in [-0.2, 0) is 10.5 Å². The van der Waals surface area contributed by atoms with Crippen molar-refractivity contribution < 1.29 is 14.0 Å². The van der Waals surface area contributed by atoms with Crippen LogP contribution in [0.4, 0.5) is 10.1 Å². The molecule has 2 rings (SSSR count). The number of hydrogen-bond donors (Lipinski definition) is 1. The van der Waals surface area contributed by atoms with Gasteiger partial charge >= 0.3 is 0 Å². The highest BCUT2D eigenvalue weighted by molar-refractivity contribution is 7.99. The molecule has 2 aromatic rings. The first-order valence-corrected chi connectivity index (χ1v) is 10.4. The van der Waals surface area contributed by atoms with E-state index in [1.807, 2.05) is 56.9 Å². The molecule has 0 aromatic heterocycles. The molecule has 2 aromatic carbocycles. The third-order valence-corrected chi connectivity index (χ3v) is 5.21. The van der Waals surface area contributed by atoms with Crippen LogP contribution in [-0.4, -0.2) is 34.6 Å². The summed E-state index contributed by atoms with van der Waals surface area (Å²) in [4.78, 5) is 26.5. The molecule has 150 valence electrons. The van der Waals surface area contributed by atoms with Crippen molar-refractivity contribution in [3.05, 3.63) is 65.5 Å². The van der Waals surface area contributed by atoms with Gasteiger partial charge in [-0.3, -0.25) is 9.59 Å². The van der Waals surface area contributed by atoms with Crippen molar-refractivity contribution in [2.75, 3.05) is 17.6 Å². The summed E-state index contributed by atoms with van der Waals surface area (Å²) in [6.07, 6.45) is 0. The molecular formula is C22H27FN2O2S. The van der Waals surface area contributed by atoms with Crippen LogP contribution >= 0.6 is 11.8 Å². The van der Waals surface area contributed by atoms with E-state index in [-0.39, 0.29) is 23.2 Å². The number of carbonyl (C=O) groups is 2. The van der Waals surface area contributed by atoms with Crippen LogP contribution in [0.3, 0.4) is 0 Å². The molecular weight excluding hydrogens is 375 g/mol. The monoisotopic (exact) mass is 402 g/mol. The Morgan fingerprint density at radius 1 is 1.04 bits per heavy atom. The van der Waals surface area contributed by atoms with Gasteiger partial charge in [0.05, 0.1) is 5.75 Å². The van der Waals surface area contributed by atoms with E-state index in [9.17, 15) is 14.0 Å². The maximum Gasteiger partial charge on any atom is 0.254 e. The number of thioether (sulfide) groups is 1. The standard InChI is InChI=1S/C22H27FN2O2S/c1-5-25(22(2,3)4)21(27)17-8-6-16(7-9-17)14-28-15-20(26)24-19-12-10-18(23)11-13-19/h6-13H,5,14-15H2,1-4H3,(H,24,26). The van der Waals surface area contributed by atoms with Crippen molar-refractivity contribution in [1.29, 1.82) is 0 Å². The van der Waals surface area contributed by atoms with Crippen LogP contribution in [0, 0.1) is 5.82 Å². The quantitative estimate of drug-likeness (QED) is 0.712. The fourth-order valence-corrected chi connectivity index (χ4v) is 3.60. The zero-order valence-electron chi connectivity index (χ0n) is 16.8. The van der Waals surface area contributed by atoms with E-state index in [0.717, 1.165) is 5.56 Å². The van der Waals surface area contributed by atoms with Crippen LogP contribution in [0.15, 0.2) is 48.5 Å². The summed E-state index contributed by atoms with van der Waals surface area (Å²) in [5.74, 6) is 0.521. The fraction of sp³-hybridized carbons (Fsp3) is 0.364. The van der Waals surface area contributed by atoms with Gasteiger partial charge in [0.25, 0.3) is 5.91 Å². The lowest BCUT2D eigenvalue weighted by molar-refractivity contribution is -0.113. The van der Waals surface area contributed by atoms with Gasteiger partial charge in [-0.25, -0.2) is 4.39 Å². The Morgan fingerprint density at radius 3 is 2.18 bits per heavy atom. The van der Waals surface area contributed by atoms with Gasteiger partial charge in [0.15, 0.2) is 0 Å². The lowest BCUT2D eigenvalue weighted by Crippen LogP contribution is -2.45. The lowest BCUT2D eigenvalue weighted by Gasteiger charge is -2.35. The number of hydrogen-bond acceptors (Lipinski definition) is 3. The molecule has 1 N–H and O–H groups in total. The van der Waals surface area contributed by atoms with E-state index in [0.29, 0.717) is 29.3 Å². The summed E-state index contributed by atoms with van der Waals surface area (Å²) >= 11 is 1.48. The van der Waals surface area contributed by atoms with Crippen LogP contribution in [0.2, 0.25) is 0 Å². The van der Waals surface area contributed by atoms with Crippen molar-refractivity contribution in [2.45, 2.75) is 39.0 Å². The lowest BCUT2D eigenvalue weighted by atomic mass is 10.0. The summed E-state index contributed by atoms with van der Waals surface area (Å²) in [6.45, 7) is 8.71. The van der Waals surface area contributed by atoms with Gasteiger partial charge in [-0.15, -0.1) is 11.8 Å². The molecule has 0 aliphatic carbocycles. The minimum absolute atomic E-state index is 0.0212. The highest BCUT2D eigenvalue weighted by atomic mass is 32.2. The predicted molar refractivity (Wildman–Crippen MR) is 114 cm³/mol. The summed E-state index contributed by atoms with van der Waals surface area (Å²) < 4.78 is 12.9. The van der Waals surface area contributed by atoms with Crippen molar-refractivity contribution in [1.82, 2.24) is 4.90 Å². The first-order chi connectivity index (χ1) is 13.2. The average molecular weight is 403 g/mol. The molecule has 0 radical (unpaired) electrons. The molecule has 2 amide bonds. The Kier molecular flexibility index (Phi) is 7.63. The topological polar surface area (TPSA) is 49.4 Å². The van der Waals surface area contributed by atoms with Gasteiger partial charge in [-0.1, -0.05) is 12.1 Å². The molecule has 0 aliphatic heterocycles. The maximum atomic E-state index is 12.9. The van der Waals surface area contributed by atoms with Crippen LogP contribution in [0.5, 0.6) is 0 Å². The zero-order valence-corrected chi connectivity index (χ0v) is 17.6. The smallest absolute Gasteiger partial charge is 0.254 e. The van der Waals surface area contributed by atoms with Crippen LogP contribution in [0.1, 0.15) is 43.6 Å². The number of nitrogens with zero attached hydrogens (tertiary/aromatic N) is 1. The SMILES string of the molecule is CCN(C(=O)c1ccc(CSCC(=O)Nc2ccc(F)cc2)cc1)C(C)(C)C. The van der Waals surface area contributed by atoms with Gasteiger partial charge in [0.1, 0.15) is 5.82 Å². The largest absolute Gasteiger partial charge is 0.334 e. The summed E-state index contributed by atoms with van der Waals surface area (Å²) in [5.41, 5.74) is 2.07. The first kappa shape index (κ1) is 22.0. The molecule has 28 heavy (non-hydrogen) atoms.